The lowest BCUT2D eigenvalue weighted by Gasteiger charge is -2.35. The second-order valence-corrected chi connectivity index (χ2v) is 7.13. The highest BCUT2D eigenvalue weighted by atomic mass is 14.3. The second kappa shape index (κ2) is 5.99. The van der Waals surface area contributed by atoms with Crippen molar-refractivity contribution in [1.82, 2.24) is 0 Å². The first-order valence-electron chi connectivity index (χ1n) is 7.92. The first kappa shape index (κ1) is 15.1. The lowest BCUT2D eigenvalue weighted by molar-refractivity contribution is 0.242. The number of fused-ring (bicyclic) bond motifs is 1. The van der Waals surface area contributed by atoms with Crippen LogP contribution in [0.2, 0.25) is 0 Å². The van der Waals surface area contributed by atoms with Crippen LogP contribution >= 0.6 is 0 Å². The van der Waals surface area contributed by atoms with E-state index in [0.717, 1.165) is 5.92 Å². The van der Waals surface area contributed by atoms with Gasteiger partial charge in [0.15, 0.2) is 0 Å². The summed E-state index contributed by atoms with van der Waals surface area (Å²) < 4.78 is 0. The van der Waals surface area contributed by atoms with Crippen molar-refractivity contribution in [3.8, 4) is 0 Å². The van der Waals surface area contributed by atoms with Crippen molar-refractivity contribution >= 4 is 10.8 Å². The zero-order chi connectivity index (χ0) is 14.8. The molecule has 2 aromatic rings. The molecule has 0 aliphatic rings. The molecule has 0 N–H and O–H groups in total. The summed E-state index contributed by atoms with van der Waals surface area (Å²) in [5, 5.41) is 2.71. The molecule has 108 valence electrons. The normalized spacial score (nSPS) is 13.9. The molecule has 1 atom stereocenters. The lowest BCUT2D eigenvalue weighted by Crippen LogP contribution is -2.23. The van der Waals surface area contributed by atoms with Gasteiger partial charge in [0.25, 0.3) is 0 Å². The molecule has 0 saturated heterocycles. The molecular formula is C20H28. The van der Waals surface area contributed by atoms with E-state index >= 15 is 0 Å². The quantitative estimate of drug-likeness (QED) is 0.588. The van der Waals surface area contributed by atoms with Gasteiger partial charge in [0.2, 0.25) is 0 Å². The van der Waals surface area contributed by atoms with Gasteiger partial charge in [-0.2, -0.15) is 0 Å². The summed E-state index contributed by atoms with van der Waals surface area (Å²) in [4.78, 5) is 0. The molecule has 0 saturated carbocycles. The van der Waals surface area contributed by atoms with Crippen molar-refractivity contribution < 1.29 is 0 Å². The topological polar surface area (TPSA) is 0 Å². The van der Waals surface area contributed by atoms with E-state index in [1.807, 2.05) is 0 Å². The fraction of sp³-hybridized carbons (Fsp3) is 0.500. The molecule has 2 rings (SSSR count). The van der Waals surface area contributed by atoms with Crippen LogP contribution < -0.4 is 0 Å². The van der Waals surface area contributed by atoms with Crippen LogP contribution in [0.25, 0.3) is 10.8 Å². The summed E-state index contributed by atoms with van der Waals surface area (Å²) in [6.45, 7) is 11.8. The van der Waals surface area contributed by atoms with Crippen LogP contribution in [0, 0.1) is 11.3 Å². The number of hydrogen-bond acceptors (Lipinski definition) is 0. The highest BCUT2D eigenvalue weighted by Crippen LogP contribution is 2.43. The van der Waals surface area contributed by atoms with Gasteiger partial charge in [-0.05, 0) is 40.0 Å². The molecule has 0 amide bonds. The molecule has 0 heterocycles. The van der Waals surface area contributed by atoms with E-state index in [1.54, 1.807) is 0 Å². The molecular weight excluding hydrogens is 240 g/mol. The molecule has 0 radical (unpaired) electrons. The van der Waals surface area contributed by atoms with Crippen molar-refractivity contribution in [3.05, 3.63) is 48.0 Å². The maximum Gasteiger partial charge on any atom is -0.0108 e. The maximum absolute atomic E-state index is 2.41. The average molecular weight is 268 g/mol. The summed E-state index contributed by atoms with van der Waals surface area (Å²) in [5.41, 5.74) is 1.86. The predicted molar refractivity (Wildman–Crippen MR) is 90.2 cm³/mol. The first-order valence-corrected chi connectivity index (χ1v) is 7.92. The van der Waals surface area contributed by atoms with Gasteiger partial charge in [0.1, 0.15) is 0 Å². The summed E-state index contributed by atoms with van der Waals surface area (Å²) in [6.07, 6.45) is 2.48. The fourth-order valence-electron chi connectivity index (χ4n) is 3.05. The van der Waals surface area contributed by atoms with Crippen molar-refractivity contribution in [2.24, 2.45) is 11.3 Å². The Morgan fingerprint density at radius 3 is 2.20 bits per heavy atom. The van der Waals surface area contributed by atoms with Crippen molar-refractivity contribution in [3.63, 3.8) is 0 Å². The molecule has 0 nitrogen and oxygen atoms in total. The molecule has 0 bridgehead atoms. The molecule has 0 aliphatic carbocycles. The Balaban J connectivity index is 2.45. The molecule has 0 fully saturated rings. The Morgan fingerprint density at radius 2 is 1.60 bits per heavy atom. The van der Waals surface area contributed by atoms with Crippen LogP contribution in [0.4, 0.5) is 0 Å². The monoisotopic (exact) mass is 268 g/mol. The van der Waals surface area contributed by atoms with E-state index in [9.17, 15) is 0 Å². The molecule has 0 heteroatoms. The van der Waals surface area contributed by atoms with Crippen molar-refractivity contribution in [2.45, 2.75) is 53.4 Å². The van der Waals surface area contributed by atoms with E-state index in [2.05, 4.69) is 77.1 Å². The van der Waals surface area contributed by atoms with E-state index in [4.69, 9.17) is 0 Å². The predicted octanol–water partition coefficient (Wildman–Crippen LogP) is 6.41. The third-order valence-electron chi connectivity index (χ3n) is 4.74. The van der Waals surface area contributed by atoms with E-state index in [1.165, 1.54) is 29.2 Å². The van der Waals surface area contributed by atoms with Crippen LogP contribution in [-0.2, 0) is 0 Å². The van der Waals surface area contributed by atoms with Gasteiger partial charge >= 0.3 is 0 Å². The van der Waals surface area contributed by atoms with Gasteiger partial charge in [0, 0.05) is 0 Å². The minimum Gasteiger partial charge on any atom is -0.0649 e. The molecule has 1 unspecified atom stereocenters. The van der Waals surface area contributed by atoms with Crippen molar-refractivity contribution in [2.75, 3.05) is 0 Å². The molecule has 2 aromatic carbocycles. The summed E-state index contributed by atoms with van der Waals surface area (Å²) in [5.74, 6) is 1.37. The van der Waals surface area contributed by atoms with Gasteiger partial charge in [-0.25, -0.2) is 0 Å². The van der Waals surface area contributed by atoms with Crippen LogP contribution in [0.3, 0.4) is 0 Å². The average Bonchev–Trinajstić information content (AvgIpc) is 2.44. The highest BCUT2D eigenvalue weighted by Gasteiger charge is 2.29. The van der Waals surface area contributed by atoms with E-state index in [-0.39, 0.29) is 0 Å². The summed E-state index contributed by atoms with van der Waals surface area (Å²) in [7, 11) is 0. The summed E-state index contributed by atoms with van der Waals surface area (Å²) >= 11 is 0. The van der Waals surface area contributed by atoms with Gasteiger partial charge in [0.05, 0.1) is 0 Å². The first-order chi connectivity index (χ1) is 9.44. The maximum atomic E-state index is 2.41. The molecule has 0 aromatic heterocycles. The minimum atomic E-state index is 0.354. The molecule has 0 aliphatic heterocycles. The Bertz CT molecular complexity index is 563. The van der Waals surface area contributed by atoms with Gasteiger partial charge in [-0.1, -0.05) is 83.5 Å². The van der Waals surface area contributed by atoms with Crippen LogP contribution in [0.15, 0.2) is 42.5 Å². The Morgan fingerprint density at radius 1 is 0.950 bits per heavy atom. The standard InChI is InChI=1S/C20H28/c1-6-20(4,5)19(13-15(2)3)18-12-11-16-9-7-8-10-17(16)14-18/h7-12,14-15,19H,6,13H2,1-5H3. The smallest absolute Gasteiger partial charge is 0.0108 e. The van der Waals surface area contributed by atoms with Gasteiger partial charge < -0.3 is 0 Å². The third kappa shape index (κ3) is 3.23. The SMILES string of the molecule is CCC(C)(C)C(CC(C)C)c1ccc2ccccc2c1. The van der Waals surface area contributed by atoms with Crippen molar-refractivity contribution in [1.29, 1.82) is 0 Å². The third-order valence-corrected chi connectivity index (χ3v) is 4.74. The van der Waals surface area contributed by atoms with Crippen LogP contribution in [-0.4, -0.2) is 0 Å². The largest absolute Gasteiger partial charge is 0.0649 e. The zero-order valence-electron chi connectivity index (χ0n) is 13.6. The Kier molecular flexibility index (Phi) is 4.52. The fourth-order valence-corrected chi connectivity index (χ4v) is 3.05. The minimum absolute atomic E-state index is 0.354. The van der Waals surface area contributed by atoms with Crippen LogP contribution in [0.1, 0.15) is 58.9 Å². The number of rotatable bonds is 5. The van der Waals surface area contributed by atoms with E-state index in [0.29, 0.717) is 11.3 Å². The highest BCUT2D eigenvalue weighted by molar-refractivity contribution is 5.83. The van der Waals surface area contributed by atoms with Crippen LogP contribution in [0.5, 0.6) is 0 Å². The molecule has 0 spiro atoms. The second-order valence-electron chi connectivity index (χ2n) is 7.13. The zero-order valence-corrected chi connectivity index (χ0v) is 13.6. The number of benzene rings is 2. The molecule has 20 heavy (non-hydrogen) atoms. The van der Waals surface area contributed by atoms with Gasteiger partial charge in [-0.3, -0.25) is 0 Å². The Hall–Kier alpha value is -1.30. The van der Waals surface area contributed by atoms with Gasteiger partial charge in [-0.15, -0.1) is 0 Å². The number of hydrogen-bond donors (Lipinski definition) is 0. The lowest BCUT2D eigenvalue weighted by atomic mass is 9.69. The Labute approximate surface area is 124 Å². The summed E-state index contributed by atoms with van der Waals surface area (Å²) in [6, 6.07) is 15.7. The van der Waals surface area contributed by atoms with E-state index < -0.39 is 0 Å².